The largest absolute Gasteiger partial charge is 0.507 e. The van der Waals surface area contributed by atoms with E-state index in [1.807, 2.05) is 31.2 Å². The first-order valence-corrected chi connectivity index (χ1v) is 8.12. The van der Waals surface area contributed by atoms with E-state index < -0.39 is 0 Å². The van der Waals surface area contributed by atoms with Crippen LogP contribution in [0.5, 0.6) is 17.2 Å². The number of H-pyrrole nitrogens is 1. The van der Waals surface area contributed by atoms with Crippen LogP contribution in [0.2, 0.25) is 0 Å². The molecule has 3 aromatic rings. The molecule has 0 atom stereocenters. The minimum Gasteiger partial charge on any atom is -0.507 e. The van der Waals surface area contributed by atoms with Crippen LogP contribution in [0.4, 0.5) is 0 Å². The number of rotatable bonds is 4. The summed E-state index contributed by atoms with van der Waals surface area (Å²) < 4.78 is 10.6. The Bertz CT molecular complexity index is 981. The number of fused-ring (bicyclic) bond motifs is 1. The molecule has 1 aliphatic rings. The first-order valence-electron chi connectivity index (χ1n) is 8.12. The van der Waals surface area contributed by atoms with E-state index in [1.54, 1.807) is 18.2 Å². The number of benzene rings is 2. The molecule has 0 aliphatic carbocycles. The Kier molecular flexibility index (Phi) is 3.96. The van der Waals surface area contributed by atoms with Gasteiger partial charge in [-0.3, -0.25) is 9.89 Å². The van der Waals surface area contributed by atoms with Crippen molar-refractivity contribution < 1.29 is 19.4 Å². The number of aromatic amines is 1. The highest BCUT2D eigenvalue weighted by Gasteiger charge is 2.15. The van der Waals surface area contributed by atoms with Crippen molar-refractivity contribution in [3.05, 3.63) is 59.3 Å². The van der Waals surface area contributed by atoms with Crippen LogP contribution in [-0.2, 0) is 6.54 Å². The molecule has 0 spiro atoms. The third-order valence-corrected chi connectivity index (χ3v) is 4.14. The summed E-state index contributed by atoms with van der Waals surface area (Å²) >= 11 is 0. The van der Waals surface area contributed by atoms with Gasteiger partial charge < -0.3 is 19.9 Å². The number of phenolic OH excluding ortho intramolecular Hbond substituents is 1. The van der Waals surface area contributed by atoms with Crippen LogP contribution >= 0.6 is 0 Å². The number of aromatic hydroxyl groups is 1. The smallest absolute Gasteiger partial charge is 0.269 e. The number of aromatic nitrogens is 2. The number of ether oxygens (including phenoxy) is 2. The highest BCUT2D eigenvalue weighted by atomic mass is 16.7. The van der Waals surface area contributed by atoms with Gasteiger partial charge in [0.25, 0.3) is 5.91 Å². The predicted molar refractivity (Wildman–Crippen MR) is 94.2 cm³/mol. The zero-order valence-corrected chi connectivity index (χ0v) is 14.1. The average Bonchev–Trinajstić information content (AvgIpc) is 3.28. The molecule has 0 bridgehead atoms. The van der Waals surface area contributed by atoms with Gasteiger partial charge in [-0.2, -0.15) is 5.10 Å². The van der Waals surface area contributed by atoms with Crippen LogP contribution in [0.15, 0.2) is 42.5 Å². The number of carbonyl (C=O) groups excluding carboxylic acids is 1. The summed E-state index contributed by atoms with van der Waals surface area (Å²) in [4.78, 5) is 12.3. The number of nitrogens with zero attached hydrogens (tertiary/aromatic N) is 1. The molecule has 0 saturated carbocycles. The van der Waals surface area contributed by atoms with Crippen molar-refractivity contribution in [1.82, 2.24) is 15.5 Å². The number of phenols is 1. The number of nitrogens with one attached hydrogen (secondary N) is 2. The Balaban J connectivity index is 1.45. The van der Waals surface area contributed by atoms with E-state index in [2.05, 4.69) is 15.5 Å². The summed E-state index contributed by atoms with van der Waals surface area (Å²) in [7, 11) is 0. The zero-order chi connectivity index (χ0) is 18.1. The molecule has 132 valence electrons. The van der Waals surface area contributed by atoms with Gasteiger partial charge in [-0.1, -0.05) is 12.1 Å². The number of hydrogen-bond acceptors (Lipinski definition) is 5. The Morgan fingerprint density at radius 3 is 2.88 bits per heavy atom. The van der Waals surface area contributed by atoms with Crippen LogP contribution in [-0.4, -0.2) is 28.0 Å². The molecule has 1 amide bonds. The topological polar surface area (TPSA) is 96.5 Å². The summed E-state index contributed by atoms with van der Waals surface area (Å²) in [5.41, 5.74) is 3.25. The Labute approximate surface area is 149 Å². The predicted octanol–water partition coefficient (Wildman–Crippen LogP) is 2.75. The maximum Gasteiger partial charge on any atom is 0.269 e. The first-order chi connectivity index (χ1) is 12.6. The van der Waals surface area contributed by atoms with Crippen molar-refractivity contribution in [3.63, 3.8) is 0 Å². The lowest BCUT2D eigenvalue weighted by Gasteiger charge is -2.05. The highest BCUT2D eigenvalue weighted by Crippen LogP contribution is 2.32. The number of carbonyl (C=O) groups is 1. The van der Waals surface area contributed by atoms with E-state index >= 15 is 0 Å². The Hall–Kier alpha value is -3.48. The average molecular weight is 351 g/mol. The molecule has 1 aliphatic heterocycles. The molecule has 0 radical (unpaired) electrons. The van der Waals surface area contributed by atoms with Crippen LogP contribution in [0.3, 0.4) is 0 Å². The van der Waals surface area contributed by atoms with Gasteiger partial charge in [0.1, 0.15) is 11.4 Å². The minimum atomic E-state index is -0.284. The molecule has 1 aromatic heterocycles. The molecule has 0 saturated heterocycles. The Morgan fingerprint density at radius 1 is 1.19 bits per heavy atom. The summed E-state index contributed by atoms with van der Waals surface area (Å²) in [5.74, 6) is 1.23. The molecule has 0 fully saturated rings. The first kappa shape index (κ1) is 16.0. The second-order valence-electron chi connectivity index (χ2n) is 6.06. The fourth-order valence-corrected chi connectivity index (χ4v) is 2.76. The number of aryl methyl sites for hydroxylation is 1. The SMILES string of the molecule is Cc1ccc(-c2cc(C(=O)NCc3ccc4c(c3)OCO4)[nH]n2)c(O)c1. The number of hydrogen-bond donors (Lipinski definition) is 3. The minimum absolute atomic E-state index is 0.129. The fourth-order valence-electron chi connectivity index (χ4n) is 2.76. The summed E-state index contributed by atoms with van der Waals surface area (Å²) in [6.45, 7) is 2.45. The summed E-state index contributed by atoms with van der Waals surface area (Å²) in [6.07, 6.45) is 0. The van der Waals surface area contributed by atoms with Crippen molar-refractivity contribution in [2.75, 3.05) is 6.79 Å². The molecule has 0 unspecified atom stereocenters. The van der Waals surface area contributed by atoms with Gasteiger partial charge >= 0.3 is 0 Å². The van der Waals surface area contributed by atoms with Gasteiger partial charge in [-0.15, -0.1) is 0 Å². The van der Waals surface area contributed by atoms with Crippen LogP contribution in [0.1, 0.15) is 21.6 Å². The molecule has 26 heavy (non-hydrogen) atoms. The van der Waals surface area contributed by atoms with Gasteiger partial charge in [0.15, 0.2) is 11.5 Å². The molecular formula is C19H17N3O4. The second kappa shape index (κ2) is 6.44. The van der Waals surface area contributed by atoms with E-state index in [-0.39, 0.29) is 18.4 Å². The van der Waals surface area contributed by atoms with Gasteiger partial charge in [0.05, 0.1) is 5.69 Å². The van der Waals surface area contributed by atoms with Crippen molar-refractivity contribution >= 4 is 5.91 Å². The Morgan fingerprint density at radius 2 is 2.04 bits per heavy atom. The van der Waals surface area contributed by atoms with E-state index in [1.165, 1.54) is 0 Å². The molecule has 7 heteroatoms. The van der Waals surface area contributed by atoms with Crippen molar-refractivity contribution in [2.45, 2.75) is 13.5 Å². The van der Waals surface area contributed by atoms with E-state index in [9.17, 15) is 9.90 Å². The van der Waals surface area contributed by atoms with Gasteiger partial charge in [-0.25, -0.2) is 0 Å². The molecule has 2 aromatic carbocycles. The fraction of sp³-hybridized carbons (Fsp3) is 0.158. The standard InChI is InChI=1S/C19H17N3O4/c1-11-2-4-13(16(23)6-11)14-8-15(22-21-14)19(24)20-9-12-3-5-17-18(7-12)26-10-25-17/h2-8,23H,9-10H2,1H3,(H,20,24)(H,21,22). The normalized spacial score (nSPS) is 12.2. The van der Waals surface area contributed by atoms with Gasteiger partial charge in [-0.05, 0) is 48.4 Å². The lowest BCUT2D eigenvalue weighted by molar-refractivity contribution is 0.0946. The van der Waals surface area contributed by atoms with Crippen molar-refractivity contribution in [3.8, 4) is 28.5 Å². The lowest BCUT2D eigenvalue weighted by Crippen LogP contribution is -2.23. The van der Waals surface area contributed by atoms with E-state index in [0.29, 0.717) is 35.0 Å². The molecule has 3 N–H and O–H groups in total. The van der Waals surface area contributed by atoms with Crippen molar-refractivity contribution in [1.29, 1.82) is 0 Å². The highest BCUT2D eigenvalue weighted by molar-refractivity contribution is 5.93. The molecule has 2 heterocycles. The van der Waals surface area contributed by atoms with Crippen LogP contribution < -0.4 is 14.8 Å². The lowest BCUT2D eigenvalue weighted by atomic mass is 10.1. The summed E-state index contributed by atoms with van der Waals surface area (Å²) in [6, 6.07) is 12.4. The second-order valence-corrected chi connectivity index (χ2v) is 6.06. The molecule has 7 nitrogen and oxygen atoms in total. The third kappa shape index (κ3) is 3.06. The third-order valence-electron chi connectivity index (χ3n) is 4.14. The maximum absolute atomic E-state index is 12.3. The van der Waals surface area contributed by atoms with Gasteiger partial charge in [0.2, 0.25) is 6.79 Å². The van der Waals surface area contributed by atoms with E-state index in [0.717, 1.165) is 11.1 Å². The van der Waals surface area contributed by atoms with Gasteiger partial charge in [0, 0.05) is 12.1 Å². The molecule has 4 rings (SSSR count). The number of amides is 1. The summed E-state index contributed by atoms with van der Waals surface area (Å²) in [5, 5.41) is 19.7. The quantitative estimate of drug-likeness (QED) is 0.672. The van der Waals surface area contributed by atoms with Crippen LogP contribution in [0, 0.1) is 6.92 Å². The van der Waals surface area contributed by atoms with E-state index in [4.69, 9.17) is 9.47 Å². The monoisotopic (exact) mass is 351 g/mol. The van der Waals surface area contributed by atoms with Crippen molar-refractivity contribution in [2.24, 2.45) is 0 Å². The molecular weight excluding hydrogens is 334 g/mol. The van der Waals surface area contributed by atoms with Crippen LogP contribution in [0.25, 0.3) is 11.3 Å². The zero-order valence-electron chi connectivity index (χ0n) is 14.1. The maximum atomic E-state index is 12.3.